The average Bonchev–Trinajstić information content (AvgIpc) is 2.77. The molecule has 1 atom stereocenters. The Morgan fingerprint density at radius 2 is 1.75 bits per heavy atom. The van der Waals surface area contributed by atoms with Crippen molar-refractivity contribution in [3.8, 4) is 0 Å². The fourth-order valence-electron chi connectivity index (χ4n) is 2.75. The van der Waals surface area contributed by atoms with Gasteiger partial charge in [-0.15, -0.1) is 0 Å². The van der Waals surface area contributed by atoms with Gasteiger partial charge in [0.15, 0.2) is 5.92 Å². The van der Waals surface area contributed by atoms with E-state index in [4.69, 9.17) is 0 Å². The number of carbonyl (C=O) groups excluding carboxylic acids is 5. The maximum Gasteiger partial charge on any atom is 0.335 e. The summed E-state index contributed by atoms with van der Waals surface area (Å²) >= 11 is 2.08. The van der Waals surface area contributed by atoms with Crippen LogP contribution in [0.3, 0.4) is 0 Å². The van der Waals surface area contributed by atoms with Gasteiger partial charge in [-0.25, -0.2) is 15.1 Å². The van der Waals surface area contributed by atoms with Crippen LogP contribution in [0.4, 0.5) is 16.2 Å². The van der Waals surface area contributed by atoms with Crippen LogP contribution in [-0.2, 0) is 14.4 Å². The molecule has 0 radical (unpaired) electrons. The van der Waals surface area contributed by atoms with Crippen LogP contribution < -0.4 is 21.0 Å². The smallest absolute Gasteiger partial charge is 0.326 e. The summed E-state index contributed by atoms with van der Waals surface area (Å²) in [5.74, 6) is -3.74. The number of hydrogen-bond acceptors (Lipinski definition) is 6. The number of anilines is 2. The first-order valence-electron chi connectivity index (χ1n) is 9.48. The minimum absolute atomic E-state index is 0.153. The highest BCUT2D eigenvalue weighted by Crippen LogP contribution is 2.21. The van der Waals surface area contributed by atoms with Crippen LogP contribution in [0.25, 0.3) is 0 Å². The summed E-state index contributed by atoms with van der Waals surface area (Å²) in [4.78, 5) is 61.5. The van der Waals surface area contributed by atoms with Crippen LogP contribution in [0, 0.1) is 9.49 Å². The number of amides is 6. The van der Waals surface area contributed by atoms with E-state index in [0.717, 1.165) is 14.7 Å². The molecule has 0 aromatic heterocycles. The molecule has 3 N–H and O–H groups in total. The van der Waals surface area contributed by atoms with Crippen LogP contribution in [0.2, 0.25) is 0 Å². The van der Waals surface area contributed by atoms with Gasteiger partial charge in [0.05, 0.1) is 5.69 Å². The third kappa shape index (κ3) is 5.35. The highest BCUT2D eigenvalue weighted by molar-refractivity contribution is 14.1. The number of nitrogens with zero attached hydrogens (tertiary/aromatic N) is 2. The number of rotatable bonds is 6. The van der Waals surface area contributed by atoms with E-state index in [9.17, 15) is 24.0 Å². The van der Waals surface area contributed by atoms with Crippen molar-refractivity contribution in [1.82, 2.24) is 10.7 Å². The third-order valence-corrected chi connectivity index (χ3v) is 5.15. The number of urea groups is 1. The molecule has 6 amide bonds. The molecule has 164 valence electrons. The Labute approximate surface area is 196 Å². The molecule has 11 heteroatoms. The van der Waals surface area contributed by atoms with Crippen molar-refractivity contribution in [1.29, 1.82) is 0 Å². The molecule has 1 fully saturated rings. The van der Waals surface area contributed by atoms with E-state index in [1.165, 1.54) is 12.1 Å². The van der Waals surface area contributed by atoms with Crippen molar-refractivity contribution >= 4 is 69.8 Å². The molecule has 1 aliphatic heterocycles. The summed E-state index contributed by atoms with van der Waals surface area (Å²) in [5, 5.41) is 8.48. The van der Waals surface area contributed by atoms with Crippen LogP contribution >= 0.6 is 22.6 Å². The van der Waals surface area contributed by atoms with Gasteiger partial charge in [-0.05, 0) is 71.1 Å². The van der Waals surface area contributed by atoms with Crippen molar-refractivity contribution in [3.05, 3.63) is 57.7 Å². The van der Waals surface area contributed by atoms with E-state index < -0.39 is 29.7 Å². The van der Waals surface area contributed by atoms with Gasteiger partial charge in [-0.1, -0.05) is 6.92 Å². The van der Waals surface area contributed by atoms with Gasteiger partial charge in [-0.3, -0.25) is 24.5 Å². The number of halogens is 1. The van der Waals surface area contributed by atoms with Gasteiger partial charge in [0.25, 0.3) is 11.8 Å². The fourth-order valence-corrected chi connectivity index (χ4v) is 3.11. The largest absolute Gasteiger partial charge is 0.335 e. The highest BCUT2D eigenvalue weighted by atomic mass is 127. The van der Waals surface area contributed by atoms with E-state index in [0.29, 0.717) is 17.8 Å². The van der Waals surface area contributed by atoms with Crippen molar-refractivity contribution in [3.63, 3.8) is 0 Å². The summed E-state index contributed by atoms with van der Waals surface area (Å²) in [7, 11) is 0. The van der Waals surface area contributed by atoms with Gasteiger partial charge in [0.1, 0.15) is 0 Å². The van der Waals surface area contributed by atoms with E-state index >= 15 is 0 Å². The molecule has 0 spiro atoms. The SMILES string of the molecule is CCC(=O)Nc1ccc(C(=O)N/N=C\[C@@H]2C(=O)NC(=O)N(c3ccc(I)cc3)C2=O)cc1. The molecule has 2 aromatic carbocycles. The van der Waals surface area contributed by atoms with Crippen LogP contribution in [0.15, 0.2) is 53.6 Å². The summed E-state index contributed by atoms with van der Waals surface area (Å²) in [6.07, 6.45) is 1.30. The van der Waals surface area contributed by atoms with Crippen LogP contribution in [0.5, 0.6) is 0 Å². The number of carbonyl (C=O) groups is 5. The van der Waals surface area contributed by atoms with Crippen LogP contribution in [0.1, 0.15) is 23.7 Å². The van der Waals surface area contributed by atoms with Gasteiger partial charge >= 0.3 is 6.03 Å². The lowest BCUT2D eigenvalue weighted by Crippen LogP contribution is -2.58. The Morgan fingerprint density at radius 1 is 1.09 bits per heavy atom. The van der Waals surface area contributed by atoms with Crippen molar-refractivity contribution in [2.75, 3.05) is 10.2 Å². The predicted molar refractivity (Wildman–Crippen MR) is 125 cm³/mol. The molecule has 1 heterocycles. The van der Waals surface area contributed by atoms with Gasteiger partial charge in [0.2, 0.25) is 11.8 Å². The third-order valence-electron chi connectivity index (χ3n) is 4.43. The normalized spacial score (nSPS) is 16.1. The Bertz CT molecular complexity index is 1100. The monoisotopic (exact) mass is 547 g/mol. The van der Waals surface area contributed by atoms with Crippen LogP contribution in [-0.4, -0.2) is 35.9 Å². The molecule has 2 aromatic rings. The minimum atomic E-state index is -1.39. The van der Waals surface area contributed by atoms with E-state index in [1.807, 2.05) is 0 Å². The van der Waals surface area contributed by atoms with Gasteiger partial charge in [-0.2, -0.15) is 5.10 Å². The Morgan fingerprint density at radius 3 is 2.38 bits per heavy atom. The first kappa shape index (κ1) is 23.1. The summed E-state index contributed by atoms with van der Waals surface area (Å²) in [6.45, 7) is 1.72. The second kappa shape index (κ2) is 10.1. The first-order valence-corrected chi connectivity index (χ1v) is 10.6. The summed E-state index contributed by atoms with van der Waals surface area (Å²) in [6, 6.07) is 11.9. The van der Waals surface area contributed by atoms with E-state index in [1.54, 1.807) is 43.3 Å². The molecule has 0 aliphatic carbocycles. The molecule has 0 unspecified atom stereocenters. The first-order chi connectivity index (χ1) is 15.3. The molecule has 0 bridgehead atoms. The van der Waals surface area contributed by atoms with Gasteiger partial charge in [0, 0.05) is 27.5 Å². The maximum atomic E-state index is 12.7. The molecule has 3 rings (SSSR count). The number of nitrogens with one attached hydrogen (secondary N) is 3. The standard InChI is InChI=1S/C21H18IN5O5/c1-2-17(28)24-14-7-3-12(4-8-14)18(29)26-23-11-16-19(30)25-21(32)27(20(16)31)15-9-5-13(22)6-10-15/h3-11,16H,2H2,1H3,(H,24,28)(H,26,29)(H,25,30,32)/b23-11-/t16-/m1/s1. The minimum Gasteiger partial charge on any atom is -0.326 e. The lowest BCUT2D eigenvalue weighted by Gasteiger charge is -2.28. The van der Waals surface area contributed by atoms with Crippen molar-refractivity contribution in [2.24, 2.45) is 11.0 Å². The molecular weight excluding hydrogens is 529 g/mol. The Hall–Kier alpha value is -3.61. The topological polar surface area (TPSA) is 137 Å². The van der Waals surface area contributed by atoms with Crippen molar-refractivity contribution in [2.45, 2.75) is 13.3 Å². The lowest BCUT2D eigenvalue weighted by molar-refractivity contribution is -0.131. The molecule has 10 nitrogen and oxygen atoms in total. The maximum absolute atomic E-state index is 12.7. The quantitative estimate of drug-likeness (QED) is 0.221. The molecular formula is C21H18IN5O5. The second-order valence-corrected chi connectivity index (χ2v) is 7.87. The summed E-state index contributed by atoms with van der Waals surface area (Å²) < 4.78 is 0.911. The van der Waals surface area contributed by atoms with Gasteiger partial charge < -0.3 is 5.32 Å². The fraction of sp³-hybridized carbons (Fsp3) is 0.143. The van der Waals surface area contributed by atoms with E-state index in [2.05, 4.69) is 43.8 Å². The number of imide groups is 2. The molecule has 1 saturated heterocycles. The zero-order chi connectivity index (χ0) is 23.3. The number of barbiturate groups is 1. The zero-order valence-corrected chi connectivity index (χ0v) is 19.0. The summed E-state index contributed by atoms with van der Waals surface area (Å²) in [5.41, 5.74) is 3.34. The molecule has 1 aliphatic rings. The zero-order valence-electron chi connectivity index (χ0n) is 16.8. The molecule has 32 heavy (non-hydrogen) atoms. The van der Waals surface area contributed by atoms with Crippen molar-refractivity contribution < 1.29 is 24.0 Å². The number of hydrogen-bond donors (Lipinski definition) is 3. The Kier molecular flexibility index (Phi) is 7.30. The number of benzene rings is 2. The number of hydrazone groups is 1. The van der Waals surface area contributed by atoms with E-state index in [-0.39, 0.29) is 11.5 Å². The highest BCUT2D eigenvalue weighted by Gasteiger charge is 2.40. The molecule has 0 saturated carbocycles. The second-order valence-electron chi connectivity index (χ2n) is 6.62. The lowest BCUT2D eigenvalue weighted by atomic mass is 10.1. The Balaban J connectivity index is 1.67. The predicted octanol–water partition coefficient (Wildman–Crippen LogP) is 2.25. The average molecular weight is 547 g/mol.